The third kappa shape index (κ3) is 3.70. The second-order valence-corrected chi connectivity index (χ2v) is 8.38. The number of anilines is 3. The summed E-state index contributed by atoms with van der Waals surface area (Å²) in [4.78, 5) is 0. The normalized spacial score (nSPS) is 16.8. The lowest BCUT2D eigenvalue weighted by molar-refractivity contribution is 0.162. The summed E-state index contributed by atoms with van der Waals surface area (Å²) < 4.78 is 29.1. The molecule has 2 aromatic rings. The number of aliphatic hydroxyl groups is 1. The number of hydrogen-bond donors (Lipinski definition) is 2. The molecule has 7 heteroatoms. The predicted molar refractivity (Wildman–Crippen MR) is 105 cm³/mol. The topological polar surface area (TPSA) is 72.9 Å². The van der Waals surface area contributed by atoms with Gasteiger partial charge in [0.25, 0.3) is 0 Å². The quantitative estimate of drug-likeness (QED) is 0.780. The Morgan fingerprint density at radius 1 is 1.00 bits per heavy atom. The van der Waals surface area contributed by atoms with Gasteiger partial charge in [-0.2, -0.15) is 8.42 Å². The number of para-hydroxylation sites is 3. The van der Waals surface area contributed by atoms with E-state index in [4.69, 9.17) is 0 Å². The SMILES string of the molecule is CC(C)NC[C@H](O)CCN1c2ccccc2N(c2ccccc2)S1(=O)=O. The van der Waals surface area contributed by atoms with Crippen LogP contribution in [0.15, 0.2) is 54.6 Å². The van der Waals surface area contributed by atoms with Gasteiger partial charge in [-0.3, -0.25) is 4.31 Å². The fraction of sp³-hybridized carbons (Fsp3) is 0.368. The first-order chi connectivity index (χ1) is 12.4. The molecule has 0 unspecified atom stereocenters. The van der Waals surface area contributed by atoms with Crippen LogP contribution in [0.2, 0.25) is 0 Å². The molecule has 0 aliphatic carbocycles. The van der Waals surface area contributed by atoms with Gasteiger partial charge in [0.2, 0.25) is 0 Å². The molecule has 3 rings (SSSR count). The molecule has 0 saturated heterocycles. The van der Waals surface area contributed by atoms with Crippen LogP contribution in [0.4, 0.5) is 17.1 Å². The highest BCUT2D eigenvalue weighted by atomic mass is 32.2. The second-order valence-electron chi connectivity index (χ2n) is 6.67. The number of hydrogen-bond acceptors (Lipinski definition) is 4. The number of rotatable bonds is 7. The summed E-state index contributed by atoms with van der Waals surface area (Å²) in [6.45, 7) is 4.68. The van der Waals surface area contributed by atoms with Crippen molar-refractivity contribution >= 4 is 27.3 Å². The van der Waals surface area contributed by atoms with Gasteiger partial charge in [0.1, 0.15) is 0 Å². The van der Waals surface area contributed by atoms with Crippen molar-refractivity contribution in [3.8, 4) is 0 Å². The maximum absolute atomic E-state index is 13.2. The average molecular weight is 375 g/mol. The van der Waals surface area contributed by atoms with E-state index in [1.54, 1.807) is 24.3 Å². The van der Waals surface area contributed by atoms with E-state index in [0.717, 1.165) is 0 Å². The van der Waals surface area contributed by atoms with Crippen LogP contribution in [0, 0.1) is 0 Å². The number of benzene rings is 2. The zero-order valence-corrected chi connectivity index (χ0v) is 15.9. The van der Waals surface area contributed by atoms with Gasteiger partial charge in [0.15, 0.2) is 0 Å². The van der Waals surface area contributed by atoms with Crippen molar-refractivity contribution in [2.45, 2.75) is 32.4 Å². The second kappa shape index (κ2) is 7.65. The van der Waals surface area contributed by atoms with E-state index in [0.29, 0.717) is 30.0 Å². The maximum Gasteiger partial charge on any atom is 0.330 e. The Hall–Kier alpha value is -2.09. The lowest BCUT2D eigenvalue weighted by atomic mass is 10.2. The molecule has 0 spiro atoms. The fourth-order valence-corrected chi connectivity index (χ4v) is 4.73. The third-order valence-electron chi connectivity index (χ3n) is 4.30. The summed E-state index contributed by atoms with van der Waals surface area (Å²) >= 11 is 0. The molecule has 0 amide bonds. The van der Waals surface area contributed by atoms with Gasteiger partial charge in [0, 0.05) is 19.1 Å². The standard InChI is InChI=1S/C19H25N3O3S/c1-15(2)20-14-17(23)12-13-21-18-10-6-7-11-19(18)22(26(21,24)25)16-8-4-3-5-9-16/h3-11,15,17,20,23H,12-14H2,1-2H3/t17-/m1/s1. The van der Waals surface area contributed by atoms with Crippen LogP contribution in [-0.2, 0) is 10.2 Å². The van der Waals surface area contributed by atoms with E-state index in [2.05, 4.69) is 5.32 Å². The molecule has 6 nitrogen and oxygen atoms in total. The van der Waals surface area contributed by atoms with Crippen molar-refractivity contribution in [2.24, 2.45) is 0 Å². The summed E-state index contributed by atoms with van der Waals surface area (Å²) in [6, 6.07) is 16.6. The van der Waals surface area contributed by atoms with Crippen molar-refractivity contribution in [3.05, 3.63) is 54.6 Å². The van der Waals surface area contributed by atoms with Crippen LogP contribution in [0.5, 0.6) is 0 Å². The van der Waals surface area contributed by atoms with Gasteiger partial charge in [-0.1, -0.05) is 44.2 Å². The molecule has 140 valence electrons. The van der Waals surface area contributed by atoms with E-state index in [1.165, 1.54) is 8.61 Å². The van der Waals surface area contributed by atoms with E-state index in [1.807, 2.05) is 44.2 Å². The van der Waals surface area contributed by atoms with Crippen molar-refractivity contribution in [3.63, 3.8) is 0 Å². The molecule has 2 N–H and O–H groups in total. The third-order valence-corrected chi connectivity index (χ3v) is 6.10. The van der Waals surface area contributed by atoms with Crippen molar-refractivity contribution < 1.29 is 13.5 Å². The molecule has 1 heterocycles. The highest BCUT2D eigenvalue weighted by Crippen LogP contribution is 2.45. The maximum atomic E-state index is 13.2. The average Bonchev–Trinajstić information content (AvgIpc) is 2.84. The van der Waals surface area contributed by atoms with Crippen LogP contribution < -0.4 is 13.9 Å². The number of nitrogens with zero attached hydrogens (tertiary/aromatic N) is 2. The Balaban J connectivity index is 1.85. The van der Waals surface area contributed by atoms with Crippen molar-refractivity contribution in [1.82, 2.24) is 5.32 Å². The van der Waals surface area contributed by atoms with Crippen molar-refractivity contribution in [1.29, 1.82) is 0 Å². The first kappa shape index (κ1) is 18.7. The molecular weight excluding hydrogens is 350 g/mol. The first-order valence-corrected chi connectivity index (χ1v) is 10.2. The molecule has 0 fully saturated rings. The van der Waals surface area contributed by atoms with Crippen LogP contribution in [0.1, 0.15) is 20.3 Å². The van der Waals surface area contributed by atoms with E-state index in [9.17, 15) is 13.5 Å². The molecule has 0 aromatic heterocycles. The minimum atomic E-state index is -3.73. The van der Waals surface area contributed by atoms with Crippen molar-refractivity contribution in [2.75, 3.05) is 21.7 Å². The first-order valence-electron chi connectivity index (χ1n) is 8.80. The Morgan fingerprint density at radius 3 is 2.27 bits per heavy atom. The Labute approximate surface area is 155 Å². The summed E-state index contributed by atoms with van der Waals surface area (Å²) in [5.74, 6) is 0. The predicted octanol–water partition coefficient (Wildman–Crippen LogP) is 2.64. The fourth-order valence-electron chi connectivity index (χ4n) is 3.01. The van der Waals surface area contributed by atoms with Crippen LogP contribution in [0.3, 0.4) is 0 Å². The van der Waals surface area contributed by atoms with Gasteiger partial charge in [-0.05, 0) is 30.7 Å². The van der Waals surface area contributed by atoms with Crippen LogP contribution >= 0.6 is 0 Å². The highest BCUT2D eigenvalue weighted by Gasteiger charge is 2.40. The summed E-state index contributed by atoms with van der Waals surface area (Å²) in [5, 5.41) is 13.3. The van der Waals surface area contributed by atoms with Gasteiger partial charge in [-0.15, -0.1) is 0 Å². The smallest absolute Gasteiger partial charge is 0.330 e. The number of aliphatic hydroxyl groups excluding tert-OH is 1. The molecule has 1 aliphatic rings. The van der Waals surface area contributed by atoms with E-state index >= 15 is 0 Å². The van der Waals surface area contributed by atoms with Gasteiger partial charge in [-0.25, -0.2) is 4.31 Å². The largest absolute Gasteiger partial charge is 0.392 e. The van der Waals surface area contributed by atoms with Crippen LogP contribution in [0.25, 0.3) is 0 Å². The summed E-state index contributed by atoms with van der Waals surface area (Å²) in [6.07, 6.45) is -0.249. The van der Waals surface area contributed by atoms with Gasteiger partial charge >= 0.3 is 10.2 Å². The molecule has 0 radical (unpaired) electrons. The minimum absolute atomic E-state index is 0.226. The van der Waals surface area contributed by atoms with Crippen LogP contribution in [-0.4, -0.2) is 38.8 Å². The lowest BCUT2D eigenvalue weighted by Crippen LogP contribution is -2.39. The zero-order valence-electron chi connectivity index (χ0n) is 15.0. The Bertz CT molecular complexity index is 840. The van der Waals surface area contributed by atoms with E-state index in [-0.39, 0.29) is 12.6 Å². The van der Waals surface area contributed by atoms with Gasteiger partial charge in [0.05, 0.1) is 23.2 Å². The van der Waals surface area contributed by atoms with E-state index < -0.39 is 16.3 Å². The Morgan fingerprint density at radius 2 is 1.62 bits per heavy atom. The Kier molecular flexibility index (Phi) is 5.50. The molecule has 0 bridgehead atoms. The molecule has 0 saturated carbocycles. The lowest BCUT2D eigenvalue weighted by Gasteiger charge is -2.23. The van der Waals surface area contributed by atoms with Gasteiger partial charge < -0.3 is 10.4 Å². The summed E-state index contributed by atoms with van der Waals surface area (Å²) in [7, 11) is -3.73. The number of nitrogens with one attached hydrogen (secondary N) is 1. The summed E-state index contributed by atoms with van der Waals surface area (Å²) in [5.41, 5.74) is 1.87. The monoisotopic (exact) mass is 375 g/mol. The molecule has 1 atom stereocenters. The minimum Gasteiger partial charge on any atom is -0.392 e. The molecule has 1 aliphatic heterocycles. The number of fused-ring (bicyclic) bond motifs is 1. The molecular formula is C19H25N3O3S. The molecule has 26 heavy (non-hydrogen) atoms. The highest BCUT2D eigenvalue weighted by molar-refractivity contribution is 7.95. The zero-order chi connectivity index (χ0) is 18.7. The molecule has 2 aromatic carbocycles.